The van der Waals surface area contributed by atoms with Crippen LogP contribution in [0.4, 0.5) is 9.59 Å². The molecule has 0 spiro atoms. The van der Waals surface area contributed by atoms with E-state index in [4.69, 9.17) is 35.2 Å². The first-order valence-electron chi connectivity index (χ1n) is 29.0. The van der Waals surface area contributed by atoms with Crippen molar-refractivity contribution in [2.24, 2.45) is 0 Å². The molecule has 28 nitrogen and oxygen atoms in total. The van der Waals surface area contributed by atoms with Crippen molar-refractivity contribution >= 4 is 85.3 Å². The van der Waals surface area contributed by atoms with Gasteiger partial charge in [-0.1, -0.05) is 37.8 Å². The normalized spacial score (nSPS) is 18.8. The number of nitrogens with one attached hydrogen (secondary N) is 4. The number of fused-ring (bicyclic) bond motifs is 2. The Morgan fingerprint density at radius 2 is 0.968 bits per heavy atom. The number of rotatable bonds is 14. The van der Waals surface area contributed by atoms with Gasteiger partial charge in [-0.15, -0.1) is 6.42 Å². The minimum Gasteiger partial charge on any atom is -0.497 e. The fourth-order valence-electron chi connectivity index (χ4n) is 10.5. The molecule has 4 saturated heterocycles. The highest BCUT2D eigenvalue weighted by Crippen LogP contribution is 2.31. The zero-order valence-corrected chi connectivity index (χ0v) is 55.0. The lowest BCUT2D eigenvalue weighted by atomic mass is 9.99. The summed E-state index contributed by atoms with van der Waals surface area (Å²) in [5, 5.41) is 17.9. The molecule has 93 heavy (non-hydrogen) atoms. The second kappa shape index (κ2) is 30.5. The number of methoxy groups -OCH3 is 5. The quantitative estimate of drug-likeness (QED) is 0.0603. The van der Waals surface area contributed by atoms with Crippen molar-refractivity contribution in [2.75, 3.05) is 114 Å². The number of piperazine rings is 2. The van der Waals surface area contributed by atoms with E-state index < -0.39 is 40.9 Å². The number of likely N-dealkylation sites (N-methyl/N-ethyl adjacent to an activating group) is 2. The van der Waals surface area contributed by atoms with E-state index in [1.807, 2.05) is 4.90 Å². The van der Waals surface area contributed by atoms with Gasteiger partial charge in [0.2, 0.25) is 5.54 Å². The number of carboxylic acid groups (broad SMARTS) is 1. The monoisotopic (exact) mass is 1400 g/mol. The number of imide groups is 2. The summed E-state index contributed by atoms with van der Waals surface area (Å²) in [4.78, 5) is 134. The molecule has 3 aromatic heterocycles. The fourth-order valence-corrected chi connectivity index (χ4v) is 11.4. The van der Waals surface area contributed by atoms with Crippen LogP contribution in [0.2, 0.25) is 0 Å². The van der Waals surface area contributed by atoms with Crippen LogP contribution in [0.5, 0.6) is 28.7 Å². The Bertz CT molecular complexity index is 3860. The Morgan fingerprint density at radius 3 is 1.35 bits per heavy atom. The van der Waals surface area contributed by atoms with Crippen LogP contribution in [0.25, 0.3) is 0 Å². The minimum absolute atomic E-state index is 0.0114. The number of aromatic nitrogens is 3. The second-order valence-electron chi connectivity index (χ2n) is 21.3. The molecule has 2 aromatic carbocycles. The molecule has 0 bridgehead atoms. The molecule has 0 aliphatic carbocycles. The number of amides is 10. The highest BCUT2D eigenvalue weighted by molar-refractivity contribution is 9.10. The first-order valence-corrected chi connectivity index (χ1v) is 30.6. The van der Waals surface area contributed by atoms with Gasteiger partial charge in [0.05, 0.1) is 48.6 Å². The van der Waals surface area contributed by atoms with Crippen molar-refractivity contribution in [3.63, 3.8) is 0 Å². The number of carbonyl (C=O) groups excluding carboxylic acids is 8. The molecular weight excluding hydrogens is 1340 g/mol. The summed E-state index contributed by atoms with van der Waals surface area (Å²) in [5.74, 6) is 7.36. The zero-order valence-electron chi connectivity index (χ0n) is 51.8. The van der Waals surface area contributed by atoms with E-state index in [1.165, 1.54) is 44.3 Å². The van der Waals surface area contributed by atoms with Crippen LogP contribution >= 0.6 is 31.9 Å². The Balaban J connectivity index is 0.000000176. The van der Waals surface area contributed by atoms with Crippen molar-refractivity contribution in [3.05, 3.63) is 127 Å². The number of terminal acetylenes is 1. The maximum Gasteiger partial charge on any atom is 0.354 e. The summed E-state index contributed by atoms with van der Waals surface area (Å²) < 4.78 is 26.7. The van der Waals surface area contributed by atoms with Gasteiger partial charge in [0.15, 0.2) is 28.5 Å². The third kappa shape index (κ3) is 15.9. The molecule has 0 unspecified atom stereocenters. The number of pyridine rings is 3. The number of nitrogens with zero attached hydrogens (tertiary/aromatic N) is 9. The number of ether oxygens (including phenoxy) is 5. The number of hydrogen-bond donors (Lipinski definition) is 5. The van der Waals surface area contributed by atoms with Crippen LogP contribution in [0.15, 0.2) is 82.0 Å². The average Bonchev–Trinajstić information content (AvgIpc) is 1.64. The van der Waals surface area contributed by atoms with E-state index in [-0.39, 0.29) is 60.3 Å². The van der Waals surface area contributed by atoms with Gasteiger partial charge in [-0.2, -0.15) is 0 Å². The van der Waals surface area contributed by atoms with Crippen molar-refractivity contribution in [1.29, 1.82) is 0 Å². The molecule has 9 heterocycles. The lowest BCUT2D eigenvalue weighted by Crippen LogP contribution is -2.54. The first-order chi connectivity index (χ1) is 44.5. The Kier molecular flexibility index (Phi) is 22.6. The van der Waals surface area contributed by atoms with Crippen LogP contribution in [0, 0.1) is 24.2 Å². The summed E-state index contributed by atoms with van der Waals surface area (Å²) >= 11 is 6.38. The molecule has 0 saturated carbocycles. The van der Waals surface area contributed by atoms with Gasteiger partial charge in [0.1, 0.15) is 37.8 Å². The lowest BCUT2D eigenvalue weighted by molar-refractivity contribution is -0.123. The molecule has 0 radical (unpaired) electrons. The highest BCUT2D eigenvalue weighted by Gasteiger charge is 2.50. The minimum atomic E-state index is -1.73. The molecule has 6 aliphatic heterocycles. The van der Waals surface area contributed by atoms with E-state index in [0.717, 1.165) is 63.5 Å². The second-order valence-corrected chi connectivity index (χ2v) is 22.8. The lowest BCUT2D eigenvalue weighted by Gasteiger charge is -2.33. The number of aromatic carboxylic acids is 1. The zero-order chi connectivity index (χ0) is 67.3. The van der Waals surface area contributed by atoms with Crippen molar-refractivity contribution < 1.29 is 71.9 Å². The molecule has 5 N–H and O–H groups in total. The summed E-state index contributed by atoms with van der Waals surface area (Å²) in [6.45, 7) is 12.6. The van der Waals surface area contributed by atoms with Gasteiger partial charge in [0, 0.05) is 76.6 Å². The molecule has 30 heteroatoms. The smallest absolute Gasteiger partial charge is 0.354 e. The van der Waals surface area contributed by atoms with E-state index in [1.54, 1.807) is 78.7 Å². The van der Waals surface area contributed by atoms with E-state index in [0.29, 0.717) is 74.4 Å². The van der Waals surface area contributed by atoms with Gasteiger partial charge in [-0.3, -0.25) is 39.4 Å². The summed E-state index contributed by atoms with van der Waals surface area (Å²) in [6.07, 6.45) is 5.41. The van der Waals surface area contributed by atoms with Gasteiger partial charge >= 0.3 is 18.0 Å². The predicted octanol–water partition coefficient (Wildman–Crippen LogP) is 3.51. The maximum absolute atomic E-state index is 13.2. The summed E-state index contributed by atoms with van der Waals surface area (Å²) in [5.41, 5.74) is 0.0764. The molecule has 5 aromatic rings. The number of hydrogen-bond acceptors (Lipinski definition) is 19. The standard InChI is InChI=1S/C28H30N6O6.C15H13N3O4.C13H18BrN3O2.C7H6BrNO3/c1-4-32-11-13-33(14-12-32)25(36)22-7-8-23(40-3)21(29-22)9-10-28(26(37)30-27(38)31-28)17-34-16-18-5-6-19(39-2)15-20(18)24(34)35;1-3-15(13(20)16-14(21)17-15)8-18-7-9-4-5-10(22-2)6-11(9)12(18)19;1-3-16-6-8-17(9-7-16)13(18)10-4-5-11(19-2)12(14)15-10;1-12-5-3-2-4(7(10)11)9-6(5)8/h5-8,15H,4,11-14,16-17H2,1-3H3,(H2,30,31,37,38);1,4-6H,7-8H2,2H3,(H2,16,17,20,21);4-5H,3,6-9H2,1-2H3;2-3H,1H3,(H,10,11)/t28-;15-;;/m11../s1. The number of urea groups is 2. The predicted molar refractivity (Wildman–Crippen MR) is 341 cm³/mol. The first kappa shape index (κ1) is 69.0. The fraction of sp³-hybridized carbons (Fsp3) is 0.365. The van der Waals surface area contributed by atoms with Crippen LogP contribution in [-0.4, -0.2) is 228 Å². The average molecular weight is 1410 g/mol. The summed E-state index contributed by atoms with van der Waals surface area (Å²) in [6, 6.07) is 18.6. The van der Waals surface area contributed by atoms with E-state index >= 15 is 0 Å². The molecule has 6 aliphatic rings. The molecule has 11 rings (SSSR count). The van der Waals surface area contributed by atoms with E-state index in [2.05, 4.69) is 109 Å². The number of carboxylic acids is 1. The van der Waals surface area contributed by atoms with Gasteiger partial charge in [0.25, 0.3) is 35.4 Å². The SMILES string of the molecule is C#C[C@]1(CN2Cc3ccc(OC)cc3C2=O)NC(=O)NC1=O.CCN1CCN(C(=O)c2ccc(OC)c(Br)n2)CC1.CCN1CCN(C(=O)c2ccc(OC)c(C#C[C@]3(CN4Cc5ccc(OC)cc5C4=O)NC(=O)NC3=O)n2)CC1.COc1ccc(C(=O)O)nc1Br. The van der Waals surface area contributed by atoms with Gasteiger partial charge in [-0.05, 0) is 123 Å². The van der Waals surface area contributed by atoms with Crippen molar-refractivity contribution in [1.82, 2.24) is 65.6 Å². The van der Waals surface area contributed by atoms with Crippen LogP contribution in [-0.2, 0) is 22.7 Å². The highest BCUT2D eigenvalue weighted by atomic mass is 79.9. The molecule has 2 atom stereocenters. The van der Waals surface area contributed by atoms with Gasteiger partial charge < -0.3 is 68.8 Å². The Morgan fingerprint density at radius 1 is 0.559 bits per heavy atom. The molecule has 10 amide bonds. The topological polar surface area (TPSA) is 326 Å². The molecular formula is C63H67Br2N13O15. The number of halogens is 2. The molecule has 4 fully saturated rings. The molecule has 488 valence electrons. The maximum atomic E-state index is 13.2. The van der Waals surface area contributed by atoms with Crippen molar-refractivity contribution in [3.8, 4) is 52.9 Å². The van der Waals surface area contributed by atoms with Crippen LogP contribution in [0.3, 0.4) is 0 Å². The Labute approximate surface area is 552 Å². The van der Waals surface area contributed by atoms with E-state index in [9.17, 15) is 43.2 Å². The Hall–Kier alpha value is -9.88. The number of carbonyl (C=O) groups is 9. The number of benzene rings is 2. The largest absolute Gasteiger partial charge is 0.497 e. The van der Waals surface area contributed by atoms with Crippen molar-refractivity contribution in [2.45, 2.75) is 38.0 Å². The van der Waals surface area contributed by atoms with Gasteiger partial charge in [-0.25, -0.2) is 29.3 Å². The van der Waals surface area contributed by atoms with Crippen LogP contribution in [0.1, 0.15) is 82.8 Å². The summed E-state index contributed by atoms with van der Waals surface area (Å²) in [7, 11) is 7.54. The van der Waals surface area contributed by atoms with Crippen LogP contribution < -0.4 is 45.0 Å². The third-order valence-electron chi connectivity index (χ3n) is 15.8. The third-order valence-corrected chi connectivity index (χ3v) is 16.9.